The third kappa shape index (κ3) is 5.27. The zero-order valence-corrected chi connectivity index (χ0v) is 10.4. The van der Waals surface area contributed by atoms with Crippen LogP contribution in [-0.4, -0.2) is 27.7 Å². The molecule has 1 rings (SSSR count). The smallest absolute Gasteiger partial charge is 0.158 e. The summed E-state index contributed by atoms with van der Waals surface area (Å²) in [4.78, 5) is 7.89. The van der Waals surface area contributed by atoms with Gasteiger partial charge >= 0.3 is 0 Å². The van der Waals surface area contributed by atoms with Crippen LogP contribution in [0.15, 0.2) is 12.4 Å². The van der Waals surface area contributed by atoms with E-state index < -0.39 is 6.10 Å². The Morgan fingerprint density at radius 2 is 2.12 bits per heavy atom. The van der Waals surface area contributed by atoms with Crippen molar-refractivity contribution in [2.75, 3.05) is 11.9 Å². The lowest BCUT2D eigenvalue weighted by Gasteiger charge is -2.22. The van der Waals surface area contributed by atoms with Gasteiger partial charge in [0.15, 0.2) is 5.69 Å². The molecule has 5 nitrogen and oxygen atoms in total. The van der Waals surface area contributed by atoms with Crippen molar-refractivity contribution in [3.05, 3.63) is 18.1 Å². The quantitative estimate of drug-likeness (QED) is 0.826. The molecule has 5 heteroatoms. The summed E-state index contributed by atoms with van der Waals surface area (Å²) >= 11 is 0. The Balaban J connectivity index is 2.42. The normalized spacial score (nSPS) is 12.9. The predicted molar refractivity (Wildman–Crippen MR) is 65.3 cm³/mol. The van der Waals surface area contributed by atoms with E-state index in [-0.39, 0.29) is 11.1 Å². The van der Waals surface area contributed by atoms with E-state index in [4.69, 9.17) is 5.26 Å². The summed E-state index contributed by atoms with van der Waals surface area (Å²) in [5, 5.41) is 21.3. The van der Waals surface area contributed by atoms with E-state index in [9.17, 15) is 5.11 Å². The van der Waals surface area contributed by atoms with Crippen LogP contribution in [0.25, 0.3) is 0 Å². The van der Waals surface area contributed by atoms with Crippen molar-refractivity contribution in [2.45, 2.75) is 33.3 Å². The number of anilines is 1. The highest BCUT2D eigenvalue weighted by Gasteiger charge is 2.16. The van der Waals surface area contributed by atoms with Crippen LogP contribution in [0.2, 0.25) is 0 Å². The molecule has 0 aromatic carbocycles. The zero-order chi connectivity index (χ0) is 12.9. The van der Waals surface area contributed by atoms with Crippen molar-refractivity contribution in [3.8, 4) is 6.07 Å². The highest BCUT2D eigenvalue weighted by Crippen LogP contribution is 2.20. The first-order valence-corrected chi connectivity index (χ1v) is 5.55. The van der Waals surface area contributed by atoms with Gasteiger partial charge in [-0.3, -0.25) is 0 Å². The third-order valence-electron chi connectivity index (χ3n) is 2.13. The molecule has 2 N–H and O–H groups in total. The molecule has 17 heavy (non-hydrogen) atoms. The molecule has 0 amide bonds. The van der Waals surface area contributed by atoms with Crippen molar-refractivity contribution in [1.29, 1.82) is 5.26 Å². The number of nitrogens with zero attached hydrogens (tertiary/aromatic N) is 3. The van der Waals surface area contributed by atoms with Crippen LogP contribution in [0.4, 0.5) is 5.82 Å². The number of hydrogen-bond donors (Lipinski definition) is 2. The highest BCUT2D eigenvalue weighted by atomic mass is 16.3. The van der Waals surface area contributed by atoms with Gasteiger partial charge in [-0.1, -0.05) is 20.8 Å². The van der Waals surface area contributed by atoms with Crippen molar-refractivity contribution >= 4 is 5.82 Å². The maximum absolute atomic E-state index is 9.78. The van der Waals surface area contributed by atoms with E-state index in [0.29, 0.717) is 18.8 Å². The molecule has 0 saturated heterocycles. The summed E-state index contributed by atoms with van der Waals surface area (Å²) in [6.45, 7) is 6.67. The molecule has 0 bridgehead atoms. The number of rotatable bonds is 4. The van der Waals surface area contributed by atoms with Crippen molar-refractivity contribution < 1.29 is 5.11 Å². The van der Waals surface area contributed by atoms with Crippen molar-refractivity contribution in [1.82, 2.24) is 9.97 Å². The number of aromatic nitrogens is 2. The van der Waals surface area contributed by atoms with Crippen LogP contribution < -0.4 is 5.32 Å². The van der Waals surface area contributed by atoms with Gasteiger partial charge in [-0.15, -0.1) is 0 Å². The first-order valence-electron chi connectivity index (χ1n) is 5.55. The first-order chi connectivity index (χ1) is 7.90. The molecule has 1 heterocycles. The molecule has 1 aromatic rings. The van der Waals surface area contributed by atoms with Gasteiger partial charge in [0.2, 0.25) is 0 Å². The second-order valence-corrected chi connectivity index (χ2v) is 5.20. The van der Waals surface area contributed by atoms with Gasteiger partial charge in [0, 0.05) is 6.54 Å². The summed E-state index contributed by atoms with van der Waals surface area (Å²) < 4.78 is 0. The Labute approximate surface area is 102 Å². The van der Waals surface area contributed by atoms with Gasteiger partial charge in [0.05, 0.1) is 18.5 Å². The maximum atomic E-state index is 9.78. The van der Waals surface area contributed by atoms with E-state index in [1.807, 2.05) is 6.07 Å². The van der Waals surface area contributed by atoms with Crippen LogP contribution in [0.1, 0.15) is 32.9 Å². The number of hydrogen-bond acceptors (Lipinski definition) is 5. The Morgan fingerprint density at radius 3 is 2.59 bits per heavy atom. The Bertz CT molecular complexity index is 388. The minimum atomic E-state index is -0.424. The minimum Gasteiger partial charge on any atom is -0.391 e. The topological polar surface area (TPSA) is 81.8 Å². The SMILES string of the molecule is CC(C)(C)CC(O)CNc1cnc(C#N)cn1. The standard InChI is InChI=1S/C12H18N4O/c1-12(2,3)4-10(17)7-16-11-8-14-9(5-13)6-15-11/h6,8,10,17H,4,7H2,1-3H3,(H,15,16). The summed E-state index contributed by atoms with van der Waals surface area (Å²) in [5.41, 5.74) is 0.378. The average molecular weight is 234 g/mol. The van der Waals surface area contributed by atoms with E-state index in [2.05, 4.69) is 36.1 Å². The Hall–Kier alpha value is -1.67. The Morgan fingerprint density at radius 1 is 1.41 bits per heavy atom. The maximum Gasteiger partial charge on any atom is 0.158 e. The molecule has 0 saturated carbocycles. The number of aliphatic hydroxyl groups excluding tert-OH is 1. The number of nitriles is 1. The van der Waals surface area contributed by atoms with Crippen LogP contribution in [0, 0.1) is 16.7 Å². The van der Waals surface area contributed by atoms with E-state index in [0.717, 1.165) is 0 Å². The Kier molecular flexibility index (Phi) is 4.41. The van der Waals surface area contributed by atoms with E-state index in [1.165, 1.54) is 12.4 Å². The lowest BCUT2D eigenvalue weighted by atomic mass is 9.89. The predicted octanol–water partition coefficient (Wildman–Crippen LogP) is 1.56. The summed E-state index contributed by atoms with van der Waals surface area (Å²) in [6, 6.07) is 1.90. The fourth-order valence-electron chi connectivity index (χ4n) is 1.48. The summed E-state index contributed by atoms with van der Waals surface area (Å²) in [6.07, 6.45) is 3.18. The van der Waals surface area contributed by atoms with Crippen molar-refractivity contribution in [2.24, 2.45) is 5.41 Å². The lowest BCUT2D eigenvalue weighted by Crippen LogP contribution is -2.25. The van der Waals surface area contributed by atoms with Crippen LogP contribution in [-0.2, 0) is 0 Å². The molecule has 1 aromatic heterocycles. The molecule has 0 aliphatic heterocycles. The van der Waals surface area contributed by atoms with Gasteiger partial charge in [-0.2, -0.15) is 5.26 Å². The zero-order valence-electron chi connectivity index (χ0n) is 10.4. The highest BCUT2D eigenvalue weighted by molar-refractivity contribution is 5.33. The largest absolute Gasteiger partial charge is 0.391 e. The van der Waals surface area contributed by atoms with E-state index in [1.54, 1.807) is 0 Å². The molecular weight excluding hydrogens is 216 g/mol. The molecule has 0 aliphatic carbocycles. The van der Waals surface area contributed by atoms with Gasteiger partial charge in [0.25, 0.3) is 0 Å². The molecule has 1 unspecified atom stereocenters. The fraction of sp³-hybridized carbons (Fsp3) is 0.583. The van der Waals surface area contributed by atoms with Crippen LogP contribution in [0.5, 0.6) is 0 Å². The molecule has 0 radical (unpaired) electrons. The van der Waals surface area contributed by atoms with Gasteiger partial charge in [-0.25, -0.2) is 9.97 Å². The molecular formula is C12H18N4O. The summed E-state index contributed by atoms with van der Waals surface area (Å²) in [5.74, 6) is 0.567. The molecule has 1 atom stereocenters. The first kappa shape index (κ1) is 13.4. The molecule has 0 fully saturated rings. The molecule has 0 spiro atoms. The molecule has 0 aliphatic rings. The second-order valence-electron chi connectivity index (χ2n) is 5.20. The average Bonchev–Trinajstić information content (AvgIpc) is 2.25. The van der Waals surface area contributed by atoms with Gasteiger partial charge < -0.3 is 10.4 Å². The number of aliphatic hydroxyl groups is 1. The van der Waals surface area contributed by atoms with Crippen LogP contribution in [0.3, 0.4) is 0 Å². The number of nitrogens with one attached hydrogen (secondary N) is 1. The van der Waals surface area contributed by atoms with Gasteiger partial charge in [-0.05, 0) is 11.8 Å². The third-order valence-corrected chi connectivity index (χ3v) is 2.13. The summed E-state index contributed by atoms with van der Waals surface area (Å²) in [7, 11) is 0. The monoisotopic (exact) mass is 234 g/mol. The van der Waals surface area contributed by atoms with Gasteiger partial charge in [0.1, 0.15) is 11.9 Å². The minimum absolute atomic E-state index is 0.0947. The van der Waals surface area contributed by atoms with E-state index >= 15 is 0 Å². The lowest BCUT2D eigenvalue weighted by molar-refractivity contribution is 0.132. The van der Waals surface area contributed by atoms with Crippen molar-refractivity contribution in [3.63, 3.8) is 0 Å². The molecule has 92 valence electrons. The second kappa shape index (κ2) is 5.60. The van der Waals surface area contributed by atoms with Crippen LogP contribution >= 0.6 is 0 Å². The fourth-order valence-corrected chi connectivity index (χ4v) is 1.48.